The highest BCUT2D eigenvalue weighted by molar-refractivity contribution is 5.56. The number of nitriles is 2. The van der Waals surface area contributed by atoms with Crippen molar-refractivity contribution in [3.8, 4) is 12.1 Å². The van der Waals surface area contributed by atoms with E-state index in [0.29, 0.717) is 23.7 Å². The minimum Gasteiger partial charge on any atom is -0.383 e. The van der Waals surface area contributed by atoms with E-state index >= 15 is 0 Å². The number of benzene rings is 1. The zero-order valence-corrected chi connectivity index (χ0v) is 10.9. The summed E-state index contributed by atoms with van der Waals surface area (Å²) in [5.74, 6) is 0.408. The molecule has 0 fully saturated rings. The highest BCUT2D eigenvalue weighted by Crippen LogP contribution is 2.17. The monoisotopic (exact) mass is 243 g/mol. The Labute approximate surface area is 108 Å². The number of rotatable bonds is 5. The summed E-state index contributed by atoms with van der Waals surface area (Å²) in [5, 5.41) is 21.1. The maximum atomic E-state index is 8.97. The zero-order valence-electron chi connectivity index (χ0n) is 10.9. The normalized spacial score (nSPS) is 11.7. The number of nitrogens with zero attached hydrogens (tertiary/aromatic N) is 2. The molecule has 0 bridgehead atoms. The van der Waals surface area contributed by atoms with Crippen molar-refractivity contribution in [1.82, 2.24) is 0 Å². The van der Waals surface area contributed by atoms with Gasteiger partial charge in [-0.1, -0.05) is 13.8 Å². The molecule has 1 aromatic rings. The van der Waals surface area contributed by atoms with Crippen LogP contribution in [0, 0.1) is 28.6 Å². The number of anilines is 1. The molecule has 0 saturated heterocycles. The van der Waals surface area contributed by atoms with Gasteiger partial charge in [0.15, 0.2) is 0 Å². The minimum atomic E-state index is 0.175. The molecular weight excluding hydrogens is 226 g/mol. The molecule has 1 N–H and O–H groups in total. The quantitative estimate of drug-likeness (QED) is 0.862. The Hall–Kier alpha value is -2.04. The third-order valence-corrected chi connectivity index (χ3v) is 2.76. The Morgan fingerprint density at radius 3 is 2.39 bits per heavy atom. The van der Waals surface area contributed by atoms with Crippen molar-refractivity contribution < 1.29 is 4.74 Å². The molecule has 1 unspecified atom stereocenters. The number of methoxy groups -OCH3 is 1. The summed E-state index contributed by atoms with van der Waals surface area (Å²) in [5.41, 5.74) is 1.62. The van der Waals surface area contributed by atoms with E-state index in [-0.39, 0.29) is 6.04 Å². The average Bonchev–Trinajstić information content (AvgIpc) is 2.37. The molecule has 4 heteroatoms. The molecule has 0 heterocycles. The molecule has 0 aliphatic carbocycles. The van der Waals surface area contributed by atoms with Gasteiger partial charge in [0.1, 0.15) is 12.1 Å². The average molecular weight is 243 g/mol. The van der Waals surface area contributed by atoms with Crippen LogP contribution < -0.4 is 5.32 Å². The maximum Gasteiger partial charge on any atom is 0.101 e. The number of nitrogens with one attached hydrogen (secondary N) is 1. The first-order chi connectivity index (χ1) is 8.62. The van der Waals surface area contributed by atoms with Crippen LogP contribution in [0.15, 0.2) is 18.2 Å². The Kier molecular flexibility index (Phi) is 5.17. The molecule has 0 spiro atoms. The predicted octanol–water partition coefficient (Wildman–Crippen LogP) is 2.51. The molecule has 1 aromatic carbocycles. The van der Waals surface area contributed by atoms with Gasteiger partial charge in [-0.05, 0) is 24.1 Å². The molecule has 1 atom stereocenters. The Morgan fingerprint density at radius 2 is 1.89 bits per heavy atom. The first kappa shape index (κ1) is 14.0. The van der Waals surface area contributed by atoms with Gasteiger partial charge in [0, 0.05) is 12.8 Å². The predicted molar refractivity (Wildman–Crippen MR) is 70.0 cm³/mol. The number of hydrogen-bond acceptors (Lipinski definition) is 4. The third kappa shape index (κ3) is 3.48. The highest BCUT2D eigenvalue weighted by atomic mass is 16.5. The van der Waals surface area contributed by atoms with Crippen LogP contribution in [-0.4, -0.2) is 19.8 Å². The first-order valence-corrected chi connectivity index (χ1v) is 5.82. The van der Waals surface area contributed by atoms with Gasteiger partial charge >= 0.3 is 0 Å². The maximum absolute atomic E-state index is 8.97. The van der Waals surface area contributed by atoms with Crippen molar-refractivity contribution in [1.29, 1.82) is 10.5 Å². The lowest BCUT2D eigenvalue weighted by Gasteiger charge is -2.22. The van der Waals surface area contributed by atoms with E-state index in [1.807, 2.05) is 18.2 Å². The second kappa shape index (κ2) is 6.64. The van der Waals surface area contributed by atoms with Crippen LogP contribution in [0.3, 0.4) is 0 Å². The smallest absolute Gasteiger partial charge is 0.101 e. The lowest BCUT2D eigenvalue weighted by molar-refractivity contribution is 0.171. The second-order valence-corrected chi connectivity index (χ2v) is 4.43. The van der Waals surface area contributed by atoms with Crippen LogP contribution in [-0.2, 0) is 4.74 Å². The summed E-state index contributed by atoms with van der Waals surface area (Å²) in [7, 11) is 1.66. The van der Waals surface area contributed by atoms with E-state index in [0.717, 1.165) is 5.69 Å². The van der Waals surface area contributed by atoms with E-state index in [4.69, 9.17) is 15.3 Å². The van der Waals surface area contributed by atoms with Gasteiger partial charge in [0.05, 0.1) is 23.8 Å². The fourth-order valence-corrected chi connectivity index (χ4v) is 1.62. The molecule has 18 heavy (non-hydrogen) atoms. The van der Waals surface area contributed by atoms with Gasteiger partial charge in [-0.2, -0.15) is 10.5 Å². The first-order valence-electron chi connectivity index (χ1n) is 5.82. The topological polar surface area (TPSA) is 68.8 Å². The summed E-state index contributed by atoms with van der Waals surface area (Å²) in [6, 6.07) is 9.37. The van der Waals surface area contributed by atoms with E-state index in [1.54, 1.807) is 19.2 Å². The molecular formula is C14H17N3O. The van der Waals surface area contributed by atoms with Crippen molar-refractivity contribution in [3.63, 3.8) is 0 Å². The van der Waals surface area contributed by atoms with Gasteiger partial charge in [0.2, 0.25) is 0 Å². The Morgan fingerprint density at radius 1 is 1.22 bits per heavy atom. The van der Waals surface area contributed by atoms with Gasteiger partial charge < -0.3 is 10.1 Å². The fraction of sp³-hybridized carbons (Fsp3) is 0.429. The van der Waals surface area contributed by atoms with Crippen LogP contribution in [0.25, 0.3) is 0 Å². The van der Waals surface area contributed by atoms with Gasteiger partial charge in [-0.15, -0.1) is 0 Å². The summed E-state index contributed by atoms with van der Waals surface area (Å²) in [6.45, 7) is 4.80. The highest BCUT2D eigenvalue weighted by Gasteiger charge is 2.13. The van der Waals surface area contributed by atoms with Crippen LogP contribution >= 0.6 is 0 Å². The lowest BCUT2D eigenvalue weighted by atomic mass is 10.0. The lowest BCUT2D eigenvalue weighted by Crippen LogP contribution is -2.30. The minimum absolute atomic E-state index is 0.175. The molecule has 0 saturated carbocycles. The van der Waals surface area contributed by atoms with Crippen molar-refractivity contribution in [2.75, 3.05) is 19.0 Å². The molecule has 0 aliphatic rings. The molecule has 1 rings (SSSR count). The number of ether oxygens (including phenoxy) is 1. The zero-order chi connectivity index (χ0) is 13.5. The standard InChI is InChI=1S/C14H17N3O/c1-10(2)14(9-18-3)17-13-5-4-11(7-15)12(6-13)8-16/h4-6,10,14,17H,9H2,1-3H3. The van der Waals surface area contributed by atoms with Gasteiger partial charge in [-0.3, -0.25) is 0 Å². The van der Waals surface area contributed by atoms with Crippen molar-refractivity contribution in [3.05, 3.63) is 29.3 Å². The SMILES string of the molecule is COCC(Nc1ccc(C#N)c(C#N)c1)C(C)C. The third-order valence-electron chi connectivity index (χ3n) is 2.76. The molecule has 94 valence electrons. The largest absolute Gasteiger partial charge is 0.383 e. The molecule has 0 aromatic heterocycles. The fourth-order valence-electron chi connectivity index (χ4n) is 1.62. The van der Waals surface area contributed by atoms with Crippen molar-refractivity contribution in [2.45, 2.75) is 19.9 Å². The van der Waals surface area contributed by atoms with E-state index in [1.165, 1.54) is 0 Å². The van der Waals surface area contributed by atoms with Crippen LogP contribution in [0.4, 0.5) is 5.69 Å². The Bertz CT molecular complexity index is 483. The summed E-state index contributed by atoms with van der Waals surface area (Å²) in [6.07, 6.45) is 0. The molecule has 0 amide bonds. The van der Waals surface area contributed by atoms with E-state index in [9.17, 15) is 0 Å². The molecule has 4 nitrogen and oxygen atoms in total. The second-order valence-electron chi connectivity index (χ2n) is 4.43. The summed E-state index contributed by atoms with van der Waals surface area (Å²) < 4.78 is 5.16. The van der Waals surface area contributed by atoms with Gasteiger partial charge in [-0.25, -0.2) is 0 Å². The summed E-state index contributed by atoms with van der Waals surface area (Å²) in [4.78, 5) is 0. The van der Waals surface area contributed by atoms with Crippen LogP contribution in [0.2, 0.25) is 0 Å². The van der Waals surface area contributed by atoms with E-state index in [2.05, 4.69) is 19.2 Å². The van der Waals surface area contributed by atoms with Crippen molar-refractivity contribution >= 4 is 5.69 Å². The molecule has 0 radical (unpaired) electrons. The van der Waals surface area contributed by atoms with Crippen LogP contribution in [0.5, 0.6) is 0 Å². The summed E-state index contributed by atoms with van der Waals surface area (Å²) >= 11 is 0. The number of hydrogen-bond donors (Lipinski definition) is 1. The Balaban J connectivity index is 2.91. The van der Waals surface area contributed by atoms with Gasteiger partial charge in [0.25, 0.3) is 0 Å². The van der Waals surface area contributed by atoms with Crippen LogP contribution in [0.1, 0.15) is 25.0 Å². The van der Waals surface area contributed by atoms with Crippen molar-refractivity contribution in [2.24, 2.45) is 5.92 Å². The van der Waals surface area contributed by atoms with E-state index < -0.39 is 0 Å². The molecule has 0 aliphatic heterocycles.